The van der Waals surface area contributed by atoms with Gasteiger partial charge in [-0.2, -0.15) is 13.2 Å². The van der Waals surface area contributed by atoms with Crippen LogP contribution in [0.3, 0.4) is 0 Å². The summed E-state index contributed by atoms with van der Waals surface area (Å²) in [7, 11) is 0. The van der Waals surface area contributed by atoms with Crippen molar-refractivity contribution in [1.82, 2.24) is 14.9 Å². The number of hydrogen-bond donors (Lipinski definition) is 1. The van der Waals surface area contributed by atoms with E-state index in [1.54, 1.807) is 6.07 Å². The van der Waals surface area contributed by atoms with Crippen molar-refractivity contribution < 1.29 is 27.8 Å². The van der Waals surface area contributed by atoms with E-state index in [9.17, 15) is 18.0 Å². The third-order valence-corrected chi connectivity index (χ3v) is 7.04. The fraction of sp³-hybridized carbons (Fsp3) is 0.480. The maximum atomic E-state index is 13.2. The third kappa shape index (κ3) is 6.44. The summed E-state index contributed by atoms with van der Waals surface area (Å²) in [5.41, 5.74) is 1.65. The Morgan fingerprint density at radius 1 is 1.22 bits per heavy atom. The highest BCUT2D eigenvalue weighted by Gasteiger charge is 2.32. The molecule has 1 fully saturated rings. The van der Waals surface area contributed by atoms with Gasteiger partial charge >= 0.3 is 12.1 Å². The molecule has 2 aromatic heterocycles. The van der Waals surface area contributed by atoms with Crippen molar-refractivity contribution in [3.63, 3.8) is 0 Å². The van der Waals surface area contributed by atoms with Crippen LogP contribution in [-0.2, 0) is 17.5 Å². The van der Waals surface area contributed by atoms with Gasteiger partial charge in [0.15, 0.2) is 11.7 Å². The Balaban J connectivity index is 1.51. The van der Waals surface area contributed by atoms with Gasteiger partial charge < -0.3 is 14.7 Å². The number of piperazine rings is 1. The van der Waals surface area contributed by atoms with Gasteiger partial charge in [0.2, 0.25) is 5.88 Å². The number of rotatable bonds is 8. The Bertz CT molecular complexity index is 1230. The van der Waals surface area contributed by atoms with Gasteiger partial charge in [-0.15, -0.1) is 0 Å². The van der Waals surface area contributed by atoms with E-state index in [0.29, 0.717) is 29.2 Å². The molecular formula is C25H29F3N4O3S. The van der Waals surface area contributed by atoms with Gasteiger partial charge in [0.25, 0.3) is 0 Å². The Kier molecular flexibility index (Phi) is 7.70. The molecule has 1 saturated heterocycles. The molecule has 0 unspecified atom stereocenters. The summed E-state index contributed by atoms with van der Waals surface area (Å²) in [5.74, 6) is -0.341. The number of carboxylic acids is 1. The van der Waals surface area contributed by atoms with Crippen LogP contribution in [0.25, 0.3) is 10.2 Å². The maximum absolute atomic E-state index is 13.2. The molecule has 1 aromatic carbocycles. The number of alkyl halides is 3. The first kappa shape index (κ1) is 26.2. The highest BCUT2D eigenvalue weighted by molar-refractivity contribution is 7.22. The van der Waals surface area contributed by atoms with Crippen LogP contribution in [0.5, 0.6) is 5.88 Å². The van der Waals surface area contributed by atoms with Crippen molar-refractivity contribution in [2.75, 3.05) is 31.1 Å². The molecular weight excluding hydrogens is 493 g/mol. The van der Waals surface area contributed by atoms with E-state index >= 15 is 0 Å². The highest BCUT2D eigenvalue weighted by Crippen LogP contribution is 2.37. The zero-order valence-corrected chi connectivity index (χ0v) is 21.2. The van der Waals surface area contributed by atoms with E-state index < -0.39 is 24.3 Å². The van der Waals surface area contributed by atoms with Crippen LogP contribution in [0.15, 0.2) is 30.3 Å². The number of nitrogens with zero attached hydrogens (tertiary/aromatic N) is 4. The first-order valence-electron chi connectivity index (χ1n) is 11.8. The fourth-order valence-electron chi connectivity index (χ4n) is 4.50. The van der Waals surface area contributed by atoms with Crippen LogP contribution in [0.1, 0.15) is 37.1 Å². The molecule has 11 heteroatoms. The van der Waals surface area contributed by atoms with Crippen LogP contribution >= 0.6 is 11.3 Å². The van der Waals surface area contributed by atoms with Crippen molar-refractivity contribution in [2.45, 2.75) is 46.0 Å². The minimum atomic E-state index is -4.38. The minimum absolute atomic E-state index is 0.147. The van der Waals surface area contributed by atoms with Crippen molar-refractivity contribution in [1.29, 1.82) is 0 Å². The Labute approximate surface area is 211 Å². The van der Waals surface area contributed by atoms with Crippen molar-refractivity contribution >= 4 is 32.7 Å². The molecule has 1 N–H and O–H groups in total. The van der Waals surface area contributed by atoms with Crippen molar-refractivity contribution in [2.24, 2.45) is 5.92 Å². The summed E-state index contributed by atoms with van der Waals surface area (Å²) in [6, 6.07) is 7.52. The monoisotopic (exact) mass is 522 g/mol. The van der Waals surface area contributed by atoms with Crippen LogP contribution in [0.2, 0.25) is 0 Å². The number of pyridine rings is 1. The summed E-state index contributed by atoms with van der Waals surface area (Å²) >= 11 is 1.30. The summed E-state index contributed by atoms with van der Waals surface area (Å²) in [4.78, 5) is 24.5. The zero-order chi connectivity index (χ0) is 26.0. The molecule has 1 atom stereocenters. The molecule has 3 aromatic rings. The lowest BCUT2D eigenvalue weighted by molar-refractivity contribution is -0.139. The molecule has 1 aliphatic heterocycles. The second-order valence-corrected chi connectivity index (χ2v) is 10.6. The summed E-state index contributed by atoms with van der Waals surface area (Å²) in [6.45, 7) is 8.54. The number of ether oxygens (including phenoxy) is 1. The standard InChI is InChI=1S/C25H29F3N4O3S/c1-15(2)8-19-13-31(12-18-9-16(3)10-22(29-18)35-14-23(33)34)6-7-32(19)24-30-20-5-4-17(25(26,27)28)11-21(20)36-24/h4-5,9-11,15,19H,6-8,12-14H2,1-3H3,(H,33,34)/t19-/m1/s1. The van der Waals surface area contributed by atoms with E-state index in [1.165, 1.54) is 23.5 Å². The van der Waals surface area contributed by atoms with Crippen LogP contribution in [0, 0.1) is 12.8 Å². The molecule has 0 spiro atoms. The number of aryl methyl sites for hydroxylation is 1. The molecule has 4 rings (SSSR count). The van der Waals surface area contributed by atoms with Gasteiger partial charge in [-0.05, 0) is 49.1 Å². The molecule has 0 amide bonds. The number of thiazole rings is 1. The average molecular weight is 523 g/mol. The minimum Gasteiger partial charge on any atom is -0.479 e. The quantitative estimate of drug-likeness (QED) is 0.435. The van der Waals surface area contributed by atoms with Gasteiger partial charge in [0, 0.05) is 38.3 Å². The van der Waals surface area contributed by atoms with Gasteiger partial charge in [-0.1, -0.05) is 25.2 Å². The predicted molar refractivity (Wildman–Crippen MR) is 133 cm³/mol. The van der Waals surface area contributed by atoms with E-state index in [-0.39, 0.29) is 11.9 Å². The molecule has 194 valence electrons. The number of aromatic nitrogens is 2. The summed E-state index contributed by atoms with van der Waals surface area (Å²) < 4.78 is 45.3. The molecule has 0 radical (unpaired) electrons. The van der Waals surface area contributed by atoms with Crippen molar-refractivity contribution in [3.05, 3.63) is 47.2 Å². The second-order valence-electron chi connectivity index (χ2n) is 9.55. The molecule has 7 nitrogen and oxygen atoms in total. The van der Waals surface area contributed by atoms with Gasteiger partial charge in [0.05, 0.1) is 21.5 Å². The molecule has 0 aliphatic carbocycles. The van der Waals surface area contributed by atoms with E-state index in [2.05, 4.69) is 33.6 Å². The van der Waals surface area contributed by atoms with Crippen LogP contribution in [-0.4, -0.2) is 58.2 Å². The SMILES string of the molecule is Cc1cc(CN2CCN(c3nc4ccc(C(F)(F)F)cc4s3)[C@H](CC(C)C)C2)nc(OCC(=O)O)c1. The third-order valence-electron chi connectivity index (χ3n) is 5.99. The normalized spacial score (nSPS) is 17.2. The molecule has 1 aliphatic rings. The zero-order valence-electron chi connectivity index (χ0n) is 20.4. The predicted octanol–water partition coefficient (Wildman–Crippen LogP) is 5.22. The smallest absolute Gasteiger partial charge is 0.416 e. The van der Waals surface area contributed by atoms with Gasteiger partial charge in [-0.3, -0.25) is 4.90 Å². The summed E-state index contributed by atoms with van der Waals surface area (Å²) in [5, 5.41) is 9.61. The first-order chi connectivity index (χ1) is 17.0. The average Bonchev–Trinajstić information content (AvgIpc) is 3.19. The number of halogens is 3. The van der Waals surface area contributed by atoms with Gasteiger partial charge in [-0.25, -0.2) is 14.8 Å². The molecule has 0 bridgehead atoms. The van der Waals surface area contributed by atoms with Gasteiger partial charge in [0.1, 0.15) is 0 Å². The van der Waals surface area contributed by atoms with E-state index in [0.717, 1.165) is 42.0 Å². The molecule has 36 heavy (non-hydrogen) atoms. The van der Waals surface area contributed by atoms with E-state index in [4.69, 9.17) is 9.84 Å². The lowest BCUT2D eigenvalue weighted by atomic mass is 10.00. The van der Waals surface area contributed by atoms with Crippen LogP contribution in [0.4, 0.5) is 18.3 Å². The Hall–Kier alpha value is -2.92. The number of hydrogen-bond acceptors (Lipinski definition) is 7. The lowest BCUT2D eigenvalue weighted by Gasteiger charge is -2.42. The highest BCUT2D eigenvalue weighted by atomic mass is 32.1. The Morgan fingerprint density at radius 3 is 2.69 bits per heavy atom. The topological polar surface area (TPSA) is 78.8 Å². The Morgan fingerprint density at radius 2 is 2.00 bits per heavy atom. The largest absolute Gasteiger partial charge is 0.479 e. The van der Waals surface area contributed by atoms with Crippen molar-refractivity contribution in [3.8, 4) is 5.88 Å². The number of benzene rings is 1. The number of carbonyl (C=O) groups is 1. The first-order valence-corrected chi connectivity index (χ1v) is 12.6. The molecule has 3 heterocycles. The maximum Gasteiger partial charge on any atom is 0.416 e. The number of fused-ring (bicyclic) bond motifs is 1. The number of aliphatic carboxylic acids is 1. The second kappa shape index (κ2) is 10.6. The van der Waals surface area contributed by atoms with E-state index in [1.807, 2.05) is 13.0 Å². The number of anilines is 1. The lowest BCUT2D eigenvalue weighted by Crippen LogP contribution is -2.53. The number of carboxylic acid groups (broad SMARTS) is 1. The van der Waals surface area contributed by atoms with Crippen LogP contribution < -0.4 is 9.64 Å². The summed E-state index contributed by atoms with van der Waals surface area (Å²) in [6.07, 6.45) is -3.47. The molecule has 0 saturated carbocycles. The fourth-order valence-corrected chi connectivity index (χ4v) is 5.60.